The van der Waals surface area contributed by atoms with Gasteiger partial charge >= 0.3 is 0 Å². The molecule has 0 aliphatic heterocycles. The maximum atomic E-state index is 5.99. The number of hydrogen-bond donors (Lipinski definition) is 0. The average molecular weight is 289 g/mol. The molecule has 4 heteroatoms. The first-order chi connectivity index (χ1) is 9.13. The topological polar surface area (TPSA) is 16.1 Å². The number of hydrogen-bond acceptors (Lipinski definition) is 3. The van der Waals surface area contributed by atoms with Crippen molar-refractivity contribution in [2.45, 2.75) is 0 Å². The molecular formula is C15H13ClN2S. The van der Waals surface area contributed by atoms with Crippen molar-refractivity contribution in [2.24, 2.45) is 0 Å². The summed E-state index contributed by atoms with van der Waals surface area (Å²) < 4.78 is 1.16. The highest BCUT2D eigenvalue weighted by Gasteiger charge is 2.07. The molecule has 0 fully saturated rings. The van der Waals surface area contributed by atoms with Crippen LogP contribution in [-0.4, -0.2) is 19.1 Å². The summed E-state index contributed by atoms with van der Waals surface area (Å²) in [5.74, 6) is 0. The first kappa shape index (κ1) is 12.5. The van der Waals surface area contributed by atoms with E-state index in [1.165, 1.54) is 5.69 Å². The van der Waals surface area contributed by atoms with Crippen molar-refractivity contribution in [1.29, 1.82) is 0 Å². The van der Waals surface area contributed by atoms with Crippen molar-refractivity contribution >= 4 is 38.8 Å². The van der Waals surface area contributed by atoms with Crippen LogP contribution in [0.5, 0.6) is 0 Å². The van der Waals surface area contributed by atoms with Crippen molar-refractivity contribution < 1.29 is 0 Å². The molecule has 1 heterocycles. The van der Waals surface area contributed by atoms with Gasteiger partial charge in [0.05, 0.1) is 10.2 Å². The van der Waals surface area contributed by atoms with Gasteiger partial charge in [-0.25, -0.2) is 4.98 Å². The summed E-state index contributed by atoms with van der Waals surface area (Å²) in [6.07, 6.45) is 0. The van der Waals surface area contributed by atoms with E-state index >= 15 is 0 Å². The lowest BCUT2D eigenvalue weighted by atomic mass is 10.2. The van der Waals surface area contributed by atoms with Crippen LogP contribution in [0.2, 0.25) is 5.02 Å². The second-order valence-corrected chi connectivity index (χ2v) is 6.04. The van der Waals surface area contributed by atoms with Crippen molar-refractivity contribution in [1.82, 2.24) is 4.98 Å². The van der Waals surface area contributed by atoms with E-state index in [4.69, 9.17) is 11.6 Å². The number of benzene rings is 2. The van der Waals surface area contributed by atoms with Gasteiger partial charge in [-0.2, -0.15) is 0 Å². The minimum Gasteiger partial charge on any atom is -0.378 e. The lowest BCUT2D eigenvalue weighted by Gasteiger charge is -2.11. The highest BCUT2D eigenvalue weighted by molar-refractivity contribution is 7.21. The predicted molar refractivity (Wildman–Crippen MR) is 84.4 cm³/mol. The number of fused-ring (bicyclic) bond motifs is 1. The third kappa shape index (κ3) is 2.44. The van der Waals surface area contributed by atoms with Gasteiger partial charge < -0.3 is 4.90 Å². The summed E-state index contributed by atoms with van der Waals surface area (Å²) in [4.78, 5) is 6.72. The minimum atomic E-state index is 0.729. The largest absolute Gasteiger partial charge is 0.378 e. The van der Waals surface area contributed by atoms with Gasteiger partial charge in [0.1, 0.15) is 5.01 Å². The van der Waals surface area contributed by atoms with E-state index in [1.807, 2.05) is 32.3 Å². The number of rotatable bonds is 2. The molecule has 0 unspecified atom stereocenters. The second kappa shape index (κ2) is 4.83. The van der Waals surface area contributed by atoms with Gasteiger partial charge in [0.25, 0.3) is 0 Å². The van der Waals surface area contributed by atoms with Crippen LogP contribution in [0.3, 0.4) is 0 Å². The fourth-order valence-corrected chi connectivity index (χ4v) is 3.04. The number of nitrogens with zero attached hydrogens (tertiary/aromatic N) is 2. The zero-order valence-electron chi connectivity index (χ0n) is 10.7. The Morgan fingerprint density at radius 1 is 1.05 bits per heavy atom. The molecule has 0 atom stereocenters. The van der Waals surface area contributed by atoms with Crippen LogP contribution in [-0.2, 0) is 0 Å². The van der Waals surface area contributed by atoms with E-state index in [-0.39, 0.29) is 0 Å². The number of aromatic nitrogens is 1. The fourth-order valence-electron chi connectivity index (χ4n) is 1.93. The summed E-state index contributed by atoms with van der Waals surface area (Å²) in [5.41, 5.74) is 3.29. The Morgan fingerprint density at radius 2 is 1.79 bits per heavy atom. The van der Waals surface area contributed by atoms with Crippen molar-refractivity contribution in [2.75, 3.05) is 19.0 Å². The predicted octanol–water partition coefficient (Wildman–Crippen LogP) is 4.68. The van der Waals surface area contributed by atoms with Crippen LogP contribution in [0.25, 0.3) is 20.8 Å². The third-order valence-corrected chi connectivity index (χ3v) is 4.30. The van der Waals surface area contributed by atoms with Gasteiger partial charge in [0.15, 0.2) is 0 Å². The third-order valence-electron chi connectivity index (χ3n) is 2.98. The molecule has 0 saturated carbocycles. The first-order valence-corrected chi connectivity index (χ1v) is 7.17. The van der Waals surface area contributed by atoms with Gasteiger partial charge in [-0.3, -0.25) is 0 Å². The van der Waals surface area contributed by atoms with Crippen LogP contribution in [0.1, 0.15) is 0 Å². The van der Waals surface area contributed by atoms with Crippen molar-refractivity contribution in [3.8, 4) is 10.6 Å². The molecule has 0 N–H and O–H groups in total. The molecule has 0 saturated heterocycles. The maximum Gasteiger partial charge on any atom is 0.124 e. The van der Waals surface area contributed by atoms with Crippen LogP contribution in [0.4, 0.5) is 5.69 Å². The zero-order chi connectivity index (χ0) is 13.4. The van der Waals surface area contributed by atoms with E-state index in [9.17, 15) is 0 Å². The van der Waals surface area contributed by atoms with Crippen LogP contribution in [0.15, 0.2) is 42.5 Å². The maximum absolute atomic E-state index is 5.99. The molecule has 3 rings (SSSR count). The average Bonchev–Trinajstić information content (AvgIpc) is 2.81. The second-order valence-electron chi connectivity index (χ2n) is 4.57. The highest BCUT2D eigenvalue weighted by atomic mass is 35.5. The summed E-state index contributed by atoms with van der Waals surface area (Å²) >= 11 is 7.68. The number of anilines is 1. The molecule has 2 nitrogen and oxygen atoms in total. The quantitative estimate of drug-likeness (QED) is 0.680. The summed E-state index contributed by atoms with van der Waals surface area (Å²) in [6, 6.07) is 14.3. The molecule has 0 radical (unpaired) electrons. The Hall–Kier alpha value is -1.58. The molecule has 3 aromatic rings. The van der Waals surface area contributed by atoms with E-state index < -0.39 is 0 Å². The van der Waals surface area contributed by atoms with E-state index in [2.05, 4.69) is 34.1 Å². The molecule has 0 aliphatic rings. The molecule has 1 aromatic heterocycles. The molecule has 0 spiro atoms. The van der Waals surface area contributed by atoms with Crippen LogP contribution >= 0.6 is 22.9 Å². The SMILES string of the molecule is CN(C)c1ccc(-c2nc3cc(Cl)ccc3s2)cc1. The molecule has 19 heavy (non-hydrogen) atoms. The van der Waals surface area contributed by atoms with Gasteiger partial charge in [-0.15, -0.1) is 11.3 Å². The molecule has 0 aliphatic carbocycles. The summed E-state index contributed by atoms with van der Waals surface area (Å²) in [5, 5.41) is 1.76. The molecule has 0 amide bonds. The first-order valence-electron chi connectivity index (χ1n) is 5.97. The fraction of sp³-hybridized carbons (Fsp3) is 0.133. The Labute approximate surface area is 121 Å². The standard InChI is InChI=1S/C15H13ClN2S/c1-18(2)12-6-3-10(4-7-12)15-17-13-9-11(16)5-8-14(13)19-15/h3-9H,1-2H3. The Balaban J connectivity index is 2.03. The smallest absolute Gasteiger partial charge is 0.124 e. The highest BCUT2D eigenvalue weighted by Crippen LogP contribution is 2.32. The summed E-state index contributed by atoms with van der Waals surface area (Å²) in [7, 11) is 4.07. The van der Waals surface area contributed by atoms with Gasteiger partial charge in [0.2, 0.25) is 0 Å². The normalized spacial score (nSPS) is 10.9. The van der Waals surface area contributed by atoms with E-state index in [1.54, 1.807) is 11.3 Å². The Morgan fingerprint density at radius 3 is 2.47 bits per heavy atom. The minimum absolute atomic E-state index is 0.729. The van der Waals surface area contributed by atoms with Crippen LogP contribution < -0.4 is 4.90 Å². The van der Waals surface area contributed by atoms with E-state index in [0.29, 0.717) is 0 Å². The lowest BCUT2D eigenvalue weighted by molar-refractivity contribution is 1.13. The van der Waals surface area contributed by atoms with Gasteiger partial charge in [-0.1, -0.05) is 11.6 Å². The van der Waals surface area contributed by atoms with Crippen molar-refractivity contribution in [3.05, 3.63) is 47.5 Å². The van der Waals surface area contributed by atoms with Crippen molar-refractivity contribution in [3.63, 3.8) is 0 Å². The molecule has 0 bridgehead atoms. The Kier molecular flexibility index (Phi) is 3.17. The van der Waals surface area contributed by atoms with E-state index in [0.717, 1.165) is 25.8 Å². The van der Waals surface area contributed by atoms with Gasteiger partial charge in [-0.05, 0) is 42.5 Å². The summed E-state index contributed by atoms with van der Waals surface area (Å²) in [6.45, 7) is 0. The van der Waals surface area contributed by atoms with Crippen LogP contribution in [0, 0.1) is 0 Å². The zero-order valence-corrected chi connectivity index (χ0v) is 12.3. The Bertz CT molecular complexity index is 717. The molecule has 2 aromatic carbocycles. The van der Waals surface area contributed by atoms with Gasteiger partial charge in [0, 0.05) is 30.4 Å². The number of halogens is 1. The molecule has 96 valence electrons. The number of thiazole rings is 1. The molecular weight excluding hydrogens is 276 g/mol. The monoisotopic (exact) mass is 288 g/mol. The lowest BCUT2D eigenvalue weighted by Crippen LogP contribution is -2.07.